The van der Waals surface area contributed by atoms with E-state index in [1.54, 1.807) is 18.5 Å². The number of para-hydroxylation sites is 1. The molecule has 0 atom stereocenters. The standard InChI is InChI=1S/C15H17N3O3/c1-2-8-16-15-12(4-3-5-14(15)18(20)21)11-17-9-6-13(19)7-10-17/h3-7,9-10,16H,2,8,11H2,1H3. The Morgan fingerprint density at radius 1 is 1.24 bits per heavy atom. The molecule has 1 aromatic carbocycles. The minimum absolute atomic E-state index is 0.0605. The third-order valence-electron chi connectivity index (χ3n) is 3.09. The number of nitrogens with zero attached hydrogens (tertiary/aromatic N) is 2. The van der Waals surface area contributed by atoms with Gasteiger partial charge in [0.2, 0.25) is 0 Å². The van der Waals surface area contributed by atoms with Gasteiger partial charge in [0.15, 0.2) is 5.43 Å². The highest BCUT2D eigenvalue weighted by Gasteiger charge is 2.16. The number of nitro benzene ring substituents is 1. The van der Waals surface area contributed by atoms with Crippen molar-refractivity contribution in [1.82, 2.24) is 4.57 Å². The smallest absolute Gasteiger partial charge is 0.292 e. The Labute approximate surface area is 122 Å². The summed E-state index contributed by atoms with van der Waals surface area (Å²) in [5.41, 5.74) is 1.38. The van der Waals surface area contributed by atoms with Crippen LogP contribution in [0.25, 0.3) is 0 Å². The predicted octanol–water partition coefficient (Wildman–Crippen LogP) is 2.63. The molecule has 0 unspecified atom stereocenters. The highest BCUT2D eigenvalue weighted by molar-refractivity contribution is 5.66. The normalized spacial score (nSPS) is 10.3. The SMILES string of the molecule is CCCNc1c(Cn2ccc(=O)cc2)cccc1[N+](=O)[O-]. The van der Waals surface area contributed by atoms with Crippen LogP contribution in [0.2, 0.25) is 0 Å². The summed E-state index contributed by atoms with van der Waals surface area (Å²) in [4.78, 5) is 21.9. The molecule has 0 aliphatic heterocycles. The van der Waals surface area contributed by atoms with Gasteiger partial charge >= 0.3 is 0 Å². The largest absolute Gasteiger partial charge is 0.379 e. The Bertz CT molecular complexity index is 674. The minimum Gasteiger partial charge on any atom is -0.379 e. The molecule has 0 saturated heterocycles. The summed E-state index contributed by atoms with van der Waals surface area (Å²) < 4.78 is 1.82. The molecule has 1 aromatic heterocycles. The summed E-state index contributed by atoms with van der Waals surface area (Å²) in [6.07, 6.45) is 4.22. The van der Waals surface area contributed by atoms with Crippen molar-refractivity contribution in [2.75, 3.05) is 11.9 Å². The Morgan fingerprint density at radius 2 is 1.95 bits per heavy atom. The summed E-state index contributed by atoms with van der Waals surface area (Å²) in [7, 11) is 0. The second-order valence-electron chi connectivity index (χ2n) is 4.70. The van der Waals surface area contributed by atoms with Crippen molar-refractivity contribution in [2.45, 2.75) is 19.9 Å². The molecule has 0 spiro atoms. The first-order chi connectivity index (χ1) is 10.1. The van der Waals surface area contributed by atoms with Crippen LogP contribution in [0.3, 0.4) is 0 Å². The summed E-state index contributed by atoms with van der Waals surface area (Å²) in [6.45, 7) is 3.14. The number of pyridine rings is 1. The van der Waals surface area contributed by atoms with E-state index < -0.39 is 0 Å². The summed E-state index contributed by atoms with van der Waals surface area (Å²) in [5, 5.41) is 14.3. The van der Waals surface area contributed by atoms with Gasteiger partial charge < -0.3 is 9.88 Å². The number of nitro groups is 1. The fraction of sp³-hybridized carbons (Fsp3) is 0.267. The number of aromatic nitrogens is 1. The first-order valence-electron chi connectivity index (χ1n) is 6.78. The molecule has 0 aliphatic carbocycles. The lowest BCUT2D eigenvalue weighted by molar-refractivity contribution is -0.384. The maximum absolute atomic E-state index is 11.2. The quantitative estimate of drug-likeness (QED) is 0.654. The van der Waals surface area contributed by atoms with Gasteiger partial charge in [-0.25, -0.2) is 0 Å². The number of hydrogen-bond donors (Lipinski definition) is 1. The lowest BCUT2D eigenvalue weighted by Crippen LogP contribution is -2.10. The first-order valence-corrected chi connectivity index (χ1v) is 6.78. The summed E-state index contributed by atoms with van der Waals surface area (Å²) in [5.74, 6) is 0. The zero-order valence-corrected chi connectivity index (χ0v) is 11.8. The molecule has 0 saturated carbocycles. The Hall–Kier alpha value is -2.63. The average molecular weight is 287 g/mol. The second kappa shape index (κ2) is 6.69. The van der Waals surface area contributed by atoms with Crippen molar-refractivity contribution >= 4 is 11.4 Å². The van der Waals surface area contributed by atoms with E-state index in [1.165, 1.54) is 18.2 Å². The van der Waals surface area contributed by atoms with E-state index in [9.17, 15) is 14.9 Å². The number of nitrogens with one attached hydrogen (secondary N) is 1. The Balaban J connectivity index is 2.37. The van der Waals surface area contributed by atoms with Crippen molar-refractivity contribution < 1.29 is 4.92 Å². The van der Waals surface area contributed by atoms with Gasteiger partial charge in [-0.05, 0) is 6.42 Å². The highest BCUT2D eigenvalue weighted by atomic mass is 16.6. The van der Waals surface area contributed by atoms with E-state index in [1.807, 2.05) is 17.6 Å². The molecule has 21 heavy (non-hydrogen) atoms. The zero-order chi connectivity index (χ0) is 15.2. The second-order valence-corrected chi connectivity index (χ2v) is 4.70. The van der Waals surface area contributed by atoms with Crippen molar-refractivity contribution in [2.24, 2.45) is 0 Å². The fourth-order valence-corrected chi connectivity index (χ4v) is 2.07. The Morgan fingerprint density at radius 3 is 2.57 bits per heavy atom. The minimum atomic E-state index is -0.382. The van der Waals surface area contributed by atoms with Gasteiger partial charge in [0.25, 0.3) is 5.69 Å². The van der Waals surface area contributed by atoms with E-state index in [4.69, 9.17) is 0 Å². The molecule has 6 heteroatoms. The topological polar surface area (TPSA) is 77.2 Å². The molecule has 0 amide bonds. The monoisotopic (exact) mass is 287 g/mol. The van der Waals surface area contributed by atoms with Gasteiger partial charge in [-0.3, -0.25) is 14.9 Å². The molecule has 0 radical (unpaired) electrons. The van der Waals surface area contributed by atoms with E-state index >= 15 is 0 Å². The summed E-state index contributed by atoms with van der Waals surface area (Å²) in [6, 6.07) is 7.95. The van der Waals surface area contributed by atoms with Crippen LogP contribution in [0, 0.1) is 10.1 Å². The van der Waals surface area contributed by atoms with Crippen LogP contribution in [-0.2, 0) is 6.54 Å². The Kier molecular flexibility index (Phi) is 4.71. The molecule has 2 rings (SSSR count). The van der Waals surface area contributed by atoms with Crippen LogP contribution in [0.5, 0.6) is 0 Å². The predicted molar refractivity (Wildman–Crippen MR) is 81.7 cm³/mol. The lowest BCUT2D eigenvalue weighted by atomic mass is 10.1. The van der Waals surface area contributed by atoms with E-state index in [0.717, 1.165) is 12.0 Å². The lowest BCUT2D eigenvalue weighted by Gasteiger charge is -2.13. The van der Waals surface area contributed by atoms with Gasteiger partial charge in [-0.15, -0.1) is 0 Å². The van der Waals surface area contributed by atoms with Gasteiger partial charge in [0.1, 0.15) is 5.69 Å². The third kappa shape index (κ3) is 3.68. The van der Waals surface area contributed by atoms with Crippen molar-refractivity contribution in [3.8, 4) is 0 Å². The van der Waals surface area contributed by atoms with E-state index in [0.29, 0.717) is 18.8 Å². The third-order valence-corrected chi connectivity index (χ3v) is 3.09. The summed E-state index contributed by atoms with van der Waals surface area (Å²) >= 11 is 0. The highest BCUT2D eigenvalue weighted by Crippen LogP contribution is 2.28. The van der Waals surface area contributed by atoms with Crippen LogP contribution in [0.1, 0.15) is 18.9 Å². The van der Waals surface area contributed by atoms with Gasteiger partial charge in [0.05, 0.1) is 4.92 Å². The molecular weight excluding hydrogens is 270 g/mol. The van der Waals surface area contributed by atoms with Crippen molar-refractivity contribution in [1.29, 1.82) is 0 Å². The maximum atomic E-state index is 11.2. The molecule has 1 N–H and O–H groups in total. The average Bonchev–Trinajstić information content (AvgIpc) is 2.48. The zero-order valence-electron chi connectivity index (χ0n) is 11.8. The molecule has 0 fully saturated rings. The van der Waals surface area contributed by atoms with Gasteiger partial charge in [-0.2, -0.15) is 0 Å². The van der Waals surface area contributed by atoms with Crippen LogP contribution in [0.4, 0.5) is 11.4 Å². The number of benzene rings is 1. The molecule has 2 aromatic rings. The molecule has 0 aliphatic rings. The maximum Gasteiger partial charge on any atom is 0.292 e. The van der Waals surface area contributed by atoms with E-state index in [2.05, 4.69) is 5.32 Å². The molecular formula is C15H17N3O3. The number of hydrogen-bond acceptors (Lipinski definition) is 4. The van der Waals surface area contributed by atoms with Gasteiger partial charge in [-0.1, -0.05) is 19.1 Å². The molecule has 0 bridgehead atoms. The first kappa shape index (κ1) is 14.8. The van der Waals surface area contributed by atoms with Crippen LogP contribution < -0.4 is 10.7 Å². The molecule has 6 nitrogen and oxygen atoms in total. The molecule has 1 heterocycles. The number of anilines is 1. The van der Waals surface area contributed by atoms with Crippen molar-refractivity contribution in [3.63, 3.8) is 0 Å². The van der Waals surface area contributed by atoms with Crippen LogP contribution >= 0.6 is 0 Å². The van der Waals surface area contributed by atoms with E-state index in [-0.39, 0.29) is 16.0 Å². The van der Waals surface area contributed by atoms with Crippen LogP contribution in [-0.4, -0.2) is 16.0 Å². The fourth-order valence-electron chi connectivity index (χ4n) is 2.07. The van der Waals surface area contributed by atoms with Crippen molar-refractivity contribution in [3.05, 3.63) is 68.6 Å². The van der Waals surface area contributed by atoms with Crippen LogP contribution in [0.15, 0.2) is 47.5 Å². The van der Waals surface area contributed by atoms with Gasteiger partial charge in [0, 0.05) is 49.2 Å². The molecule has 110 valence electrons. The number of rotatable bonds is 6.